The van der Waals surface area contributed by atoms with Gasteiger partial charge in [-0.1, -0.05) is 0 Å². The molecule has 0 saturated carbocycles. The highest BCUT2D eigenvalue weighted by atomic mass is 19.2. The van der Waals surface area contributed by atoms with E-state index in [2.05, 4.69) is 0 Å². The largest absolute Gasteiger partial charge is 0.492 e. The maximum absolute atomic E-state index is 9.92. The second kappa shape index (κ2) is 45.1. The Kier molecular flexibility index (Phi) is 71.4. The molecule has 0 atom stereocenters. The molecule has 32 heavy (non-hydrogen) atoms. The molecule has 16 nitrogen and oxygen atoms in total. The third-order valence-electron chi connectivity index (χ3n) is 0. The molecular formula is C8H8F8O16. The second-order valence-corrected chi connectivity index (χ2v) is 2.02. The molecule has 192 valence electrons. The third-order valence-corrected chi connectivity index (χ3v) is 0. The number of hydrogen-bond donors (Lipinski definition) is 8. The first kappa shape index (κ1) is 50.6. The molecule has 0 aromatic rings. The lowest BCUT2D eigenvalue weighted by Gasteiger charge is -1.53. The molecule has 24 heteroatoms. The minimum absolute atomic E-state index is 2.33. The average molecular weight is 512 g/mol. The van der Waals surface area contributed by atoms with Crippen molar-refractivity contribution in [3.05, 3.63) is 0 Å². The highest BCUT2D eigenvalue weighted by Crippen LogP contribution is 1.61. The molecule has 0 saturated heterocycles. The Morgan fingerprint density at radius 2 is 0.250 bits per heavy atom. The van der Waals surface area contributed by atoms with Gasteiger partial charge in [-0.2, -0.15) is 0 Å². The topological polar surface area (TPSA) is 298 Å². The van der Waals surface area contributed by atoms with Crippen LogP contribution in [0.25, 0.3) is 0 Å². The first-order valence-corrected chi connectivity index (χ1v) is 4.93. The molecule has 0 fully saturated rings. The summed E-state index contributed by atoms with van der Waals surface area (Å²) < 4.78 is 79.3. The zero-order chi connectivity index (χ0) is 28.6. The SMILES string of the molecule is O=C(O)F.O=C(O)F.O=C(O)F.O=C(O)F.O=C(O)F.O=C(O)F.O=C(O)F.O=C(O)F. The lowest BCUT2D eigenvalue weighted by Crippen LogP contribution is -1.69. The summed E-state index contributed by atoms with van der Waals surface area (Å²) in [5, 5.41) is 54.0. The van der Waals surface area contributed by atoms with Crippen LogP contribution in [0.2, 0.25) is 0 Å². The van der Waals surface area contributed by atoms with Crippen molar-refractivity contribution in [2.75, 3.05) is 0 Å². The fraction of sp³-hybridized carbons (Fsp3) is 0. The van der Waals surface area contributed by atoms with Gasteiger partial charge in [0.1, 0.15) is 0 Å². The Labute approximate surface area is 165 Å². The summed E-state index contributed by atoms with van der Waals surface area (Å²) in [4.78, 5) is 66.7. The van der Waals surface area contributed by atoms with Gasteiger partial charge in [0.25, 0.3) is 0 Å². The van der Waals surface area contributed by atoms with Crippen molar-refractivity contribution < 1.29 is 114 Å². The number of hydrogen-bond acceptors (Lipinski definition) is 8. The molecule has 0 aromatic carbocycles. The van der Waals surface area contributed by atoms with Crippen molar-refractivity contribution in [3.63, 3.8) is 0 Å². The normalized spacial score (nSPS) is 6.25. The zero-order valence-corrected chi connectivity index (χ0v) is 13.9. The van der Waals surface area contributed by atoms with Crippen LogP contribution in [0.4, 0.5) is 73.5 Å². The lowest BCUT2D eigenvalue weighted by atomic mass is 11.5. The van der Waals surface area contributed by atoms with Crippen molar-refractivity contribution in [2.45, 2.75) is 0 Å². The molecule has 0 bridgehead atoms. The predicted octanol–water partition coefficient (Wildman–Crippen LogP) is 5.07. The van der Waals surface area contributed by atoms with Crippen LogP contribution < -0.4 is 0 Å². The van der Waals surface area contributed by atoms with E-state index in [0.29, 0.717) is 0 Å². The Morgan fingerprint density at radius 3 is 0.250 bits per heavy atom. The second-order valence-electron chi connectivity index (χ2n) is 2.02. The first-order valence-electron chi connectivity index (χ1n) is 4.93. The third kappa shape index (κ3) is 641. The molecule has 0 aliphatic carbocycles. The van der Waals surface area contributed by atoms with Gasteiger partial charge in [-0.05, 0) is 0 Å². The van der Waals surface area contributed by atoms with Gasteiger partial charge < -0.3 is 40.9 Å². The van der Waals surface area contributed by atoms with Gasteiger partial charge in [-0.3, -0.25) is 0 Å². The maximum atomic E-state index is 9.92. The number of rotatable bonds is 0. The van der Waals surface area contributed by atoms with E-state index in [4.69, 9.17) is 79.2 Å². The van der Waals surface area contributed by atoms with E-state index in [1.807, 2.05) is 0 Å². The van der Waals surface area contributed by atoms with Gasteiger partial charge in [0.05, 0.1) is 0 Å². The van der Waals surface area contributed by atoms with Crippen LogP contribution in [0.3, 0.4) is 0 Å². The molecule has 0 aliphatic heterocycles. The van der Waals surface area contributed by atoms with E-state index in [-0.39, 0.29) is 0 Å². The molecule has 0 rings (SSSR count). The van der Waals surface area contributed by atoms with Gasteiger partial charge in [0.2, 0.25) is 0 Å². The van der Waals surface area contributed by atoms with Crippen molar-refractivity contribution >= 4 is 49.8 Å². The van der Waals surface area contributed by atoms with Crippen LogP contribution in [0.5, 0.6) is 0 Å². The fourth-order valence-corrected chi connectivity index (χ4v) is 0. The zero-order valence-electron chi connectivity index (χ0n) is 13.9. The van der Waals surface area contributed by atoms with E-state index < -0.39 is 49.8 Å². The summed E-state index contributed by atoms with van der Waals surface area (Å²) in [7, 11) is 0. The Morgan fingerprint density at radius 1 is 0.250 bits per heavy atom. The van der Waals surface area contributed by atoms with Gasteiger partial charge in [-0.25, -0.2) is 38.4 Å². The molecule has 0 spiro atoms. The van der Waals surface area contributed by atoms with Gasteiger partial charge in [-0.15, -0.1) is 35.1 Å². The van der Waals surface area contributed by atoms with Crippen LogP contribution >= 0.6 is 0 Å². The fourth-order valence-electron chi connectivity index (χ4n) is 0. The van der Waals surface area contributed by atoms with Crippen molar-refractivity contribution in [2.24, 2.45) is 0 Å². The van der Waals surface area contributed by atoms with Gasteiger partial charge in [0.15, 0.2) is 0 Å². The van der Waals surface area contributed by atoms with Crippen LogP contribution in [0.1, 0.15) is 0 Å². The summed E-state index contributed by atoms with van der Waals surface area (Å²) in [6.45, 7) is 0. The molecule has 0 unspecified atom stereocenters. The molecule has 8 N–H and O–H groups in total. The number of carboxylic acid groups (broad SMARTS) is 8. The summed E-state index contributed by atoms with van der Waals surface area (Å²) >= 11 is 0. The van der Waals surface area contributed by atoms with Crippen LogP contribution in [-0.4, -0.2) is 90.6 Å². The molecule has 0 heterocycles. The van der Waals surface area contributed by atoms with Crippen molar-refractivity contribution in [1.29, 1.82) is 0 Å². The highest BCUT2D eigenvalue weighted by molar-refractivity contribution is 5.56. The highest BCUT2D eigenvalue weighted by Gasteiger charge is 1.76. The summed E-state index contributed by atoms with van der Waals surface area (Å²) in [6, 6.07) is 0. The minimum Gasteiger partial charge on any atom is -0.456 e. The predicted molar refractivity (Wildman–Crippen MR) is 73.1 cm³/mol. The van der Waals surface area contributed by atoms with Crippen molar-refractivity contribution in [3.8, 4) is 0 Å². The molecule has 0 radical (unpaired) electrons. The standard InChI is InChI=1S/8CHFO2/c8*2-1(3)4/h8*(H,3,4). The van der Waals surface area contributed by atoms with E-state index in [1.54, 1.807) is 0 Å². The van der Waals surface area contributed by atoms with E-state index >= 15 is 0 Å². The quantitative estimate of drug-likeness (QED) is 0.155. The van der Waals surface area contributed by atoms with Crippen LogP contribution in [0, 0.1) is 0 Å². The average Bonchev–Trinajstić information content (AvgIpc) is 2.30. The summed E-state index contributed by atoms with van der Waals surface area (Å²) in [6.07, 6.45) is -18.7. The van der Waals surface area contributed by atoms with E-state index in [1.165, 1.54) is 0 Å². The first-order chi connectivity index (χ1) is 13.9. The van der Waals surface area contributed by atoms with Gasteiger partial charge in [0, 0.05) is 0 Å². The minimum atomic E-state index is -2.33. The molecule has 0 aliphatic rings. The summed E-state index contributed by atoms with van der Waals surface area (Å²) in [5.41, 5.74) is 0. The lowest BCUT2D eigenvalue weighted by molar-refractivity contribution is 0.167. The van der Waals surface area contributed by atoms with E-state index in [9.17, 15) is 35.1 Å². The number of carbonyl (C=O) groups is 8. The Balaban J connectivity index is -0.0000000343. The summed E-state index contributed by atoms with van der Waals surface area (Å²) in [5.74, 6) is 0. The molecule has 0 aromatic heterocycles. The molecule has 0 amide bonds. The monoisotopic (exact) mass is 512 g/mol. The van der Waals surface area contributed by atoms with Crippen LogP contribution in [-0.2, 0) is 0 Å². The van der Waals surface area contributed by atoms with Crippen molar-refractivity contribution in [1.82, 2.24) is 0 Å². The Hall–Kier alpha value is -4.80. The Bertz CT molecular complexity index is 376. The molecular weight excluding hydrogens is 504 g/mol. The number of halogens is 8. The van der Waals surface area contributed by atoms with Crippen LogP contribution in [0.15, 0.2) is 0 Å². The smallest absolute Gasteiger partial charge is 0.456 e. The van der Waals surface area contributed by atoms with Gasteiger partial charge >= 0.3 is 49.8 Å². The van der Waals surface area contributed by atoms with E-state index in [0.717, 1.165) is 0 Å². The maximum Gasteiger partial charge on any atom is 0.492 e.